The van der Waals surface area contributed by atoms with Gasteiger partial charge in [0.25, 0.3) is 0 Å². The van der Waals surface area contributed by atoms with E-state index < -0.39 is 10.0 Å². The minimum Gasteiger partial charge on any atom is -0.378 e. The van der Waals surface area contributed by atoms with Crippen molar-refractivity contribution in [1.29, 1.82) is 0 Å². The normalized spacial score (nSPS) is 21.0. The largest absolute Gasteiger partial charge is 0.378 e. The van der Waals surface area contributed by atoms with Crippen molar-refractivity contribution in [3.8, 4) is 0 Å². The number of benzene rings is 1. The van der Waals surface area contributed by atoms with Crippen LogP contribution in [0.4, 0.5) is 5.69 Å². The predicted molar refractivity (Wildman–Crippen MR) is 87.0 cm³/mol. The Kier molecular flexibility index (Phi) is 4.44. The fraction of sp³-hybridized carbons (Fsp3) is 0.562. The number of anilines is 1. The van der Waals surface area contributed by atoms with Gasteiger partial charge in [-0.05, 0) is 37.0 Å². The molecule has 0 radical (unpaired) electrons. The summed E-state index contributed by atoms with van der Waals surface area (Å²) in [5, 5.41) is 0. The van der Waals surface area contributed by atoms with E-state index in [9.17, 15) is 13.2 Å². The molecule has 1 aromatic carbocycles. The third kappa shape index (κ3) is 3.13. The summed E-state index contributed by atoms with van der Waals surface area (Å²) < 4.78 is 31.3. The Morgan fingerprint density at radius 3 is 2.83 bits per heavy atom. The van der Waals surface area contributed by atoms with Crippen molar-refractivity contribution in [1.82, 2.24) is 4.31 Å². The van der Waals surface area contributed by atoms with Gasteiger partial charge in [-0.15, -0.1) is 0 Å². The van der Waals surface area contributed by atoms with Crippen LogP contribution in [0.15, 0.2) is 23.1 Å². The molecule has 6 nitrogen and oxygen atoms in total. The van der Waals surface area contributed by atoms with Gasteiger partial charge in [0.05, 0.1) is 17.4 Å². The molecular formula is C16H22N2O4S. The number of amides is 1. The van der Waals surface area contributed by atoms with E-state index >= 15 is 0 Å². The molecule has 7 heteroatoms. The maximum Gasteiger partial charge on any atom is 0.242 e. The van der Waals surface area contributed by atoms with Crippen molar-refractivity contribution >= 4 is 21.6 Å². The summed E-state index contributed by atoms with van der Waals surface area (Å²) in [4.78, 5) is 14.5. The third-order valence-corrected chi connectivity index (χ3v) is 6.27. The molecule has 126 valence electrons. The number of ether oxygens (including phenoxy) is 1. The van der Waals surface area contributed by atoms with Crippen molar-refractivity contribution in [2.75, 3.05) is 32.1 Å². The number of hydrogen-bond donors (Lipinski definition) is 0. The van der Waals surface area contributed by atoms with E-state index in [4.69, 9.17) is 4.74 Å². The van der Waals surface area contributed by atoms with Gasteiger partial charge in [0.2, 0.25) is 15.9 Å². The van der Waals surface area contributed by atoms with Crippen molar-refractivity contribution in [3.05, 3.63) is 23.8 Å². The average Bonchev–Trinajstić information content (AvgIpc) is 3.15. The summed E-state index contributed by atoms with van der Waals surface area (Å²) in [5.74, 6) is 0.00931. The smallest absolute Gasteiger partial charge is 0.242 e. The first-order valence-electron chi connectivity index (χ1n) is 7.87. The van der Waals surface area contributed by atoms with E-state index in [0.29, 0.717) is 13.0 Å². The van der Waals surface area contributed by atoms with Gasteiger partial charge < -0.3 is 9.64 Å². The van der Waals surface area contributed by atoms with Crippen LogP contribution in [0.25, 0.3) is 0 Å². The molecule has 2 heterocycles. The molecule has 0 spiro atoms. The second-order valence-electron chi connectivity index (χ2n) is 6.21. The van der Waals surface area contributed by atoms with Gasteiger partial charge in [-0.25, -0.2) is 12.7 Å². The lowest BCUT2D eigenvalue weighted by atomic mass is 10.1. The molecule has 0 N–H and O–H groups in total. The van der Waals surface area contributed by atoms with Crippen LogP contribution in [-0.2, 0) is 26.0 Å². The predicted octanol–water partition coefficient (Wildman–Crippen LogP) is 1.40. The number of fused-ring (bicyclic) bond motifs is 1. The summed E-state index contributed by atoms with van der Waals surface area (Å²) >= 11 is 0. The van der Waals surface area contributed by atoms with E-state index in [2.05, 4.69) is 0 Å². The first kappa shape index (κ1) is 16.4. The third-order valence-electron chi connectivity index (χ3n) is 4.46. The zero-order chi connectivity index (χ0) is 16.6. The van der Waals surface area contributed by atoms with E-state index in [1.807, 2.05) is 6.07 Å². The summed E-state index contributed by atoms with van der Waals surface area (Å²) in [6.07, 6.45) is 3.04. The van der Waals surface area contributed by atoms with Crippen molar-refractivity contribution < 1.29 is 17.9 Å². The van der Waals surface area contributed by atoms with Crippen LogP contribution in [0.3, 0.4) is 0 Å². The molecule has 23 heavy (non-hydrogen) atoms. The van der Waals surface area contributed by atoms with Crippen LogP contribution in [0, 0.1) is 0 Å². The number of rotatable bonds is 4. The van der Waals surface area contributed by atoms with Crippen LogP contribution < -0.4 is 4.90 Å². The summed E-state index contributed by atoms with van der Waals surface area (Å²) in [5.41, 5.74) is 1.74. The average molecular weight is 338 g/mol. The second-order valence-corrected chi connectivity index (χ2v) is 8.36. The molecule has 0 aromatic heterocycles. The standard InChI is InChI=1S/C16H22N2O4S/c1-17(2)23(20,21)14-6-5-12-7-8-18(15(12)11-14)16(19)10-13-4-3-9-22-13/h5-6,11,13H,3-4,7-10H2,1-2H3/t13-/m0/s1. The van der Waals surface area contributed by atoms with Gasteiger partial charge in [-0.3, -0.25) is 4.79 Å². The molecule has 2 aliphatic rings. The lowest BCUT2D eigenvalue weighted by Gasteiger charge is -2.20. The van der Waals surface area contributed by atoms with Crippen LogP contribution in [-0.4, -0.2) is 52.0 Å². The van der Waals surface area contributed by atoms with Gasteiger partial charge >= 0.3 is 0 Å². The molecule has 3 rings (SSSR count). The maximum absolute atomic E-state index is 12.5. The van der Waals surface area contributed by atoms with Gasteiger partial charge in [-0.1, -0.05) is 6.07 Å². The van der Waals surface area contributed by atoms with Crippen LogP contribution >= 0.6 is 0 Å². The van der Waals surface area contributed by atoms with E-state index in [-0.39, 0.29) is 16.9 Å². The van der Waals surface area contributed by atoms with Crippen LogP contribution in [0.2, 0.25) is 0 Å². The quantitative estimate of drug-likeness (QED) is 0.832. The Morgan fingerprint density at radius 1 is 1.39 bits per heavy atom. The van der Waals surface area contributed by atoms with E-state index in [0.717, 1.165) is 37.1 Å². The molecule has 1 atom stereocenters. The Labute approximate surface area is 137 Å². The summed E-state index contributed by atoms with van der Waals surface area (Å²) in [6, 6.07) is 5.04. The molecule has 1 aromatic rings. The van der Waals surface area contributed by atoms with Gasteiger partial charge in [0, 0.05) is 32.9 Å². The first-order valence-corrected chi connectivity index (χ1v) is 9.31. The fourth-order valence-electron chi connectivity index (χ4n) is 3.10. The number of carbonyl (C=O) groups excluding carboxylic acids is 1. The Bertz CT molecular complexity index is 709. The van der Waals surface area contributed by atoms with Crippen molar-refractivity contribution in [2.24, 2.45) is 0 Å². The number of hydrogen-bond acceptors (Lipinski definition) is 4. The van der Waals surface area contributed by atoms with Gasteiger partial charge in [0.1, 0.15) is 0 Å². The highest BCUT2D eigenvalue weighted by Gasteiger charge is 2.29. The topological polar surface area (TPSA) is 66.9 Å². The Hall–Kier alpha value is -1.44. The number of carbonyl (C=O) groups is 1. The zero-order valence-electron chi connectivity index (χ0n) is 13.5. The van der Waals surface area contributed by atoms with E-state index in [1.165, 1.54) is 18.4 Å². The van der Waals surface area contributed by atoms with Crippen LogP contribution in [0.5, 0.6) is 0 Å². The highest BCUT2D eigenvalue weighted by molar-refractivity contribution is 7.89. The zero-order valence-corrected chi connectivity index (χ0v) is 14.3. The van der Waals surface area contributed by atoms with E-state index in [1.54, 1.807) is 17.0 Å². The van der Waals surface area contributed by atoms with Crippen molar-refractivity contribution in [2.45, 2.75) is 36.7 Å². The molecule has 1 fully saturated rings. The molecule has 2 aliphatic heterocycles. The molecule has 0 bridgehead atoms. The number of sulfonamides is 1. The lowest BCUT2D eigenvalue weighted by Crippen LogP contribution is -2.32. The molecule has 1 amide bonds. The molecular weight excluding hydrogens is 316 g/mol. The number of nitrogens with zero attached hydrogens (tertiary/aromatic N) is 2. The Balaban J connectivity index is 1.85. The fourth-order valence-corrected chi connectivity index (χ4v) is 4.02. The van der Waals surface area contributed by atoms with Gasteiger partial charge in [-0.2, -0.15) is 0 Å². The monoisotopic (exact) mass is 338 g/mol. The molecule has 0 saturated carbocycles. The minimum absolute atomic E-state index is 0.000223. The van der Waals surface area contributed by atoms with Crippen molar-refractivity contribution in [3.63, 3.8) is 0 Å². The van der Waals surface area contributed by atoms with Gasteiger partial charge in [0.15, 0.2) is 0 Å². The molecule has 0 unspecified atom stereocenters. The first-order chi connectivity index (χ1) is 10.9. The summed E-state index contributed by atoms with van der Waals surface area (Å²) in [6.45, 7) is 1.33. The summed E-state index contributed by atoms with van der Waals surface area (Å²) in [7, 11) is -0.494. The second kappa shape index (κ2) is 6.22. The SMILES string of the molecule is CN(C)S(=O)(=O)c1ccc2c(c1)N(C(=O)C[C@@H]1CCCO1)CC2. The highest BCUT2D eigenvalue weighted by Crippen LogP contribution is 2.32. The highest BCUT2D eigenvalue weighted by atomic mass is 32.2. The van der Waals surface area contributed by atoms with Crippen LogP contribution in [0.1, 0.15) is 24.8 Å². The Morgan fingerprint density at radius 2 is 2.17 bits per heavy atom. The maximum atomic E-state index is 12.5. The minimum atomic E-state index is -3.50. The lowest BCUT2D eigenvalue weighted by molar-refractivity contribution is -0.120. The molecule has 0 aliphatic carbocycles. The molecule has 1 saturated heterocycles.